The van der Waals surface area contributed by atoms with Gasteiger partial charge in [-0.2, -0.15) is 0 Å². The van der Waals surface area contributed by atoms with Crippen LogP contribution < -0.4 is 0 Å². The van der Waals surface area contributed by atoms with Gasteiger partial charge in [0.25, 0.3) is 0 Å². The molecule has 0 amide bonds. The maximum absolute atomic E-state index is 13.6. The summed E-state index contributed by atoms with van der Waals surface area (Å²) in [7, 11) is 1.31. The smallest absolute Gasteiger partial charge is 0.338 e. The average Bonchev–Trinajstić information content (AvgIpc) is 3.16. The summed E-state index contributed by atoms with van der Waals surface area (Å²) in [5, 5.41) is 0. The summed E-state index contributed by atoms with van der Waals surface area (Å²) in [6, 6.07) is 24.3. The number of rotatable bonds is 13. The molecule has 8 atom stereocenters. The number of benzene rings is 3. The number of hydrogen-bond donors (Lipinski definition) is 0. The van der Waals surface area contributed by atoms with Crippen LogP contribution in [0, 0.1) is 0 Å². The van der Waals surface area contributed by atoms with Crippen LogP contribution in [0.3, 0.4) is 0 Å². The van der Waals surface area contributed by atoms with Gasteiger partial charge >= 0.3 is 29.8 Å². The average molecular weight is 719 g/mol. The Labute approximate surface area is 299 Å². The first-order chi connectivity index (χ1) is 25.1. The highest BCUT2D eigenvalue weighted by Crippen LogP contribution is 2.32. The summed E-state index contributed by atoms with van der Waals surface area (Å²) in [6.45, 7) is 1.86. The van der Waals surface area contributed by atoms with Gasteiger partial charge in [0.1, 0.15) is 24.9 Å². The van der Waals surface area contributed by atoms with E-state index < -0.39 is 79.1 Å². The molecule has 0 saturated carbocycles. The van der Waals surface area contributed by atoms with Crippen LogP contribution in [0.2, 0.25) is 0 Å². The van der Waals surface area contributed by atoms with E-state index in [2.05, 4.69) is 0 Å². The van der Waals surface area contributed by atoms with Crippen LogP contribution in [-0.4, -0.2) is 99.4 Å². The van der Waals surface area contributed by atoms with Crippen molar-refractivity contribution in [2.75, 3.05) is 20.3 Å². The minimum absolute atomic E-state index is 0.180. The molecule has 14 nitrogen and oxygen atoms in total. The Morgan fingerprint density at radius 3 is 1.54 bits per heavy atom. The molecule has 0 aliphatic carbocycles. The zero-order chi connectivity index (χ0) is 37.0. The van der Waals surface area contributed by atoms with Gasteiger partial charge in [-0.15, -0.1) is 0 Å². The normalized spacial score (nSPS) is 25.3. The molecule has 1 saturated heterocycles. The predicted octanol–water partition coefficient (Wildman–Crippen LogP) is 3.83. The molecular weight excluding hydrogens is 680 g/mol. The molecule has 5 rings (SSSR count). The molecule has 3 aromatic rings. The zero-order valence-corrected chi connectivity index (χ0v) is 28.6. The zero-order valence-electron chi connectivity index (χ0n) is 28.6. The largest absolute Gasteiger partial charge is 0.463 e. The Bertz CT molecular complexity index is 1700. The van der Waals surface area contributed by atoms with E-state index in [-0.39, 0.29) is 29.9 Å². The van der Waals surface area contributed by atoms with Gasteiger partial charge in [-0.1, -0.05) is 54.6 Å². The van der Waals surface area contributed by atoms with Gasteiger partial charge in [-0.05, 0) is 48.6 Å². The van der Waals surface area contributed by atoms with Gasteiger partial charge in [-0.3, -0.25) is 9.59 Å². The fourth-order valence-corrected chi connectivity index (χ4v) is 5.45. The Morgan fingerprint density at radius 1 is 0.558 bits per heavy atom. The first kappa shape index (κ1) is 37.8. The summed E-state index contributed by atoms with van der Waals surface area (Å²) in [4.78, 5) is 63.7. The number of carbonyl (C=O) groups excluding carboxylic acids is 5. The van der Waals surface area contributed by atoms with Crippen molar-refractivity contribution in [2.24, 2.45) is 0 Å². The molecule has 2 aliphatic heterocycles. The second-order valence-corrected chi connectivity index (χ2v) is 11.6. The summed E-state index contributed by atoms with van der Waals surface area (Å²) in [5.74, 6) is -3.51. The fourth-order valence-electron chi connectivity index (χ4n) is 5.45. The van der Waals surface area contributed by atoms with Crippen molar-refractivity contribution >= 4 is 29.8 Å². The SMILES string of the molecule is COC1OC(COC2C=CC(OC(C)=O)C(COC(C)=O)O2)C(OC(=O)c2ccccc2)C(OC(=O)c2ccccc2)C1OC(=O)c1ccccc1. The second kappa shape index (κ2) is 18.2. The number of hydrogen-bond acceptors (Lipinski definition) is 14. The minimum atomic E-state index is -1.48. The van der Waals surface area contributed by atoms with E-state index >= 15 is 0 Å². The molecule has 52 heavy (non-hydrogen) atoms. The summed E-state index contributed by atoms with van der Waals surface area (Å²) in [5.41, 5.74) is 0.565. The lowest BCUT2D eigenvalue weighted by Gasteiger charge is -2.44. The lowest BCUT2D eigenvalue weighted by molar-refractivity contribution is -0.301. The Hall–Kier alpha value is -5.41. The van der Waals surface area contributed by atoms with Crippen molar-refractivity contribution < 1.29 is 66.6 Å². The van der Waals surface area contributed by atoms with E-state index in [0.717, 1.165) is 0 Å². The van der Waals surface area contributed by atoms with Crippen molar-refractivity contribution in [1.29, 1.82) is 0 Å². The highest BCUT2D eigenvalue weighted by Gasteiger charge is 2.53. The molecule has 8 unspecified atom stereocenters. The van der Waals surface area contributed by atoms with Crippen LogP contribution in [0.1, 0.15) is 44.9 Å². The minimum Gasteiger partial charge on any atom is -0.463 e. The quantitative estimate of drug-likeness (QED) is 0.142. The third kappa shape index (κ3) is 10.1. The van der Waals surface area contributed by atoms with Gasteiger partial charge in [-0.25, -0.2) is 14.4 Å². The molecule has 0 spiro atoms. The van der Waals surface area contributed by atoms with E-state index in [4.69, 9.17) is 42.6 Å². The summed E-state index contributed by atoms with van der Waals surface area (Å²) in [6.07, 6.45) is -6.75. The fraction of sp³-hybridized carbons (Fsp3) is 0.342. The Kier molecular flexibility index (Phi) is 13.2. The molecule has 0 radical (unpaired) electrons. The highest BCUT2D eigenvalue weighted by atomic mass is 16.7. The molecule has 2 aliphatic rings. The van der Waals surface area contributed by atoms with Crippen LogP contribution in [0.4, 0.5) is 0 Å². The van der Waals surface area contributed by atoms with Gasteiger partial charge in [0.15, 0.2) is 30.9 Å². The topological polar surface area (TPSA) is 168 Å². The van der Waals surface area contributed by atoms with E-state index in [1.54, 1.807) is 66.7 Å². The number of esters is 5. The Morgan fingerprint density at radius 2 is 1.06 bits per heavy atom. The molecule has 0 N–H and O–H groups in total. The van der Waals surface area contributed by atoms with Crippen LogP contribution in [0.5, 0.6) is 0 Å². The van der Waals surface area contributed by atoms with Crippen LogP contribution in [0.25, 0.3) is 0 Å². The Balaban J connectivity index is 1.46. The molecule has 274 valence electrons. The molecule has 3 aromatic carbocycles. The lowest BCUT2D eigenvalue weighted by atomic mass is 9.97. The van der Waals surface area contributed by atoms with Crippen molar-refractivity contribution in [3.8, 4) is 0 Å². The lowest BCUT2D eigenvalue weighted by Crippen LogP contribution is -2.63. The van der Waals surface area contributed by atoms with Crippen molar-refractivity contribution in [2.45, 2.75) is 63.1 Å². The monoisotopic (exact) mass is 718 g/mol. The summed E-state index contributed by atoms with van der Waals surface area (Å²) < 4.78 is 52.1. The number of ether oxygens (including phenoxy) is 9. The molecule has 0 aromatic heterocycles. The maximum atomic E-state index is 13.6. The standard InChI is InChI=1S/C38H38O14/c1-23(39)45-21-29-28(47-24(2)40)19-20-31(48-29)46-22-30-32(50-35(41)25-13-7-4-8-14-25)33(51-36(42)26-15-9-5-10-16-26)34(38(44-3)49-30)52-37(43)27-17-11-6-12-18-27/h4-20,28-34,38H,21-22H2,1-3H3. The predicted molar refractivity (Wildman–Crippen MR) is 179 cm³/mol. The van der Waals surface area contributed by atoms with Gasteiger partial charge < -0.3 is 42.6 Å². The molecule has 0 bridgehead atoms. The van der Waals surface area contributed by atoms with E-state index in [1.807, 2.05) is 0 Å². The van der Waals surface area contributed by atoms with E-state index in [1.165, 1.54) is 57.4 Å². The van der Waals surface area contributed by atoms with Crippen molar-refractivity contribution in [3.05, 3.63) is 120 Å². The number of methoxy groups -OCH3 is 1. The molecule has 1 fully saturated rings. The van der Waals surface area contributed by atoms with Crippen LogP contribution in [0.15, 0.2) is 103 Å². The van der Waals surface area contributed by atoms with Crippen LogP contribution in [-0.2, 0) is 52.2 Å². The number of carbonyl (C=O) groups is 5. The highest BCUT2D eigenvalue weighted by molar-refractivity contribution is 5.91. The first-order valence-electron chi connectivity index (χ1n) is 16.3. The maximum Gasteiger partial charge on any atom is 0.338 e. The van der Waals surface area contributed by atoms with Gasteiger partial charge in [0.2, 0.25) is 0 Å². The first-order valence-corrected chi connectivity index (χ1v) is 16.3. The third-order valence-corrected chi connectivity index (χ3v) is 7.89. The molecule has 2 heterocycles. The molecular formula is C38H38O14. The molecule has 14 heteroatoms. The summed E-state index contributed by atoms with van der Waals surface area (Å²) >= 11 is 0. The van der Waals surface area contributed by atoms with Gasteiger partial charge in [0, 0.05) is 21.0 Å². The van der Waals surface area contributed by atoms with Crippen LogP contribution >= 0.6 is 0 Å². The van der Waals surface area contributed by atoms with E-state index in [9.17, 15) is 24.0 Å². The second-order valence-electron chi connectivity index (χ2n) is 11.6. The van der Waals surface area contributed by atoms with Gasteiger partial charge in [0.05, 0.1) is 23.3 Å². The van der Waals surface area contributed by atoms with Crippen molar-refractivity contribution in [1.82, 2.24) is 0 Å². The van der Waals surface area contributed by atoms with E-state index in [0.29, 0.717) is 0 Å². The third-order valence-electron chi connectivity index (χ3n) is 7.89. The van der Waals surface area contributed by atoms with Crippen molar-refractivity contribution in [3.63, 3.8) is 0 Å².